The zero-order valence-corrected chi connectivity index (χ0v) is 16.6. The van der Waals surface area contributed by atoms with Gasteiger partial charge in [0.05, 0.1) is 12.6 Å². The second-order valence-electron chi connectivity index (χ2n) is 6.55. The van der Waals surface area contributed by atoms with E-state index in [1.807, 2.05) is 7.05 Å². The van der Waals surface area contributed by atoms with Crippen LogP contribution in [0.3, 0.4) is 0 Å². The lowest BCUT2D eigenvalue weighted by Crippen LogP contribution is -2.70. The summed E-state index contributed by atoms with van der Waals surface area (Å²) < 4.78 is 5.96. The van der Waals surface area contributed by atoms with Gasteiger partial charge >= 0.3 is 0 Å². The Bertz CT molecular complexity index is 503. The second kappa shape index (κ2) is 7.49. The quantitative estimate of drug-likeness (QED) is 0.436. The van der Waals surface area contributed by atoms with E-state index >= 15 is 0 Å². The number of hydrogen-bond donors (Lipinski definition) is 2. The summed E-state index contributed by atoms with van der Waals surface area (Å²) in [5.41, 5.74) is 0.172. The molecule has 4 nitrogen and oxygen atoms in total. The van der Waals surface area contributed by atoms with E-state index in [9.17, 15) is 0 Å². The van der Waals surface area contributed by atoms with Crippen LogP contribution in [0.15, 0.2) is 22.5 Å². The highest BCUT2D eigenvalue weighted by atomic mass is 127. The Labute approximate surface area is 154 Å². The number of ether oxygens (including phenoxy) is 1. The number of nitrogens with one attached hydrogen (secondary N) is 2. The van der Waals surface area contributed by atoms with Crippen molar-refractivity contribution >= 4 is 41.3 Å². The van der Waals surface area contributed by atoms with Crippen LogP contribution in [-0.4, -0.2) is 31.8 Å². The number of nitrogens with zero attached hydrogens (tertiary/aromatic N) is 1. The lowest BCUT2D eigenvalue weighted by atomic mass is 9.55. The number of guanidine groups is 1. The smallest absolute Gasteiger partial charge is 0.191 e. The highest BCUT2D eigenvalue weighted by Crippen LogP contribution is 2.51. The summed E-state index contributed by atoms with van der Waals surface area (Å²) in [6.07, 6.45) is 2.84. The summed E-state index contributed by atoms with van der Waals surface area (Å²) in [6.45, 7) is 6.34. The number of fused-ring (bicyclic) bond motifs is 1. The number of hydrogen-bond acceptors (Lipinski definition) is 3. The zero-order chi connectivity index (χ0) is 14.9. The third kappa shape index (κ3) is 3.43. The Morgan fingerprint density at radius 3 is 3.00 bits per heavy atom. The predicted molar refractivity (Wildman–Crippen MR) is 103 cm³/mol. The summed E-state index contributed by atoms with van der Waals surface area (Å²) in [4.78, 5) is 5.69. The molecule has 2 heterocycles. The molecule has 0 bridgehead atoms. The van der Waals surface area contributed by atoms with Crippen molar-refractivity contribution in [3.8, 4) is 0 Å². The van der Waals surface area contributed by atoms with Crippen LogP contribution in [0.25, 0.3) is 0 Å². The van der Waals surface area contributed by atoms with E-state index in [2.05, 4.69) is 47.0 Å². The maximum atomic E-state index is 5.96. The maximum absolute atomic E-state index is 5.96. The topological polar surface area (TPSA) is 45.7 Å². The van der Waals surface area contributed by atoms with Gasteiger partial charge in [-0.05, 0) is 24.3 Å². The van der Waals surface area contributed by atoms with Crippen LogP contribution in [0.5, 0.6) is 0 Å². The predicted octanol–water partition coefficient (Wildman–Crippen LogP) is 3.23. The SMILES string of the molecule is CN=C(NCc1cccs1)NC1C2CCCOC2C1(C)C.I. The van der Waals surface area contributed by atoms with Gasteiger partial charge in [-0.2, -0.15) is 0 Å². The number of halogens is 1. The Kier molecular flexibility index (Phi) is 6.13. The minimum atomic E-state index is 0. The van der Waals surface area contributed by atoms with Crippen LogP contribution < -0.4 is 10.6 Å². The third-order valence-electron chi connectivity index (χ3n) is 4.86. The summed E-state index contributed by atoms with van der Waals surface area (Å²) in [6, 6.07) is 4.66. The van der Waals surface area contributed by atoms with Crippen LogP contribution in [0, 0.1) is 11.3 Å². The fourth-order valence-electron chi connectivity index (χ4n) is 3.74. The molecule has 1 aromatic rings. The molecule has 6 heteroatoms. The van der Waals surface area contributed by atoms with E-state index in [1.165, 1.54) is 17.7 Å². The van der Waals surface area contributed by atoms with Crippen molar-refractivity contribution in [2.75, 3.05) is 13.7 Å². The van der Waals surface area contributed by atoms with Gasteiger partial charge in [0.2, 0.25) is 0 Å². The fraction of sp³-hybridized carbons (Fsp3) is 0.688. The lowest BCUT2D eigenvalue weighted by molar-refractivity contribution is -0.188. The fourth-order valence-corrected chi connectivity index (χ4v) is 4.39. The lowest BCUT2D eigenvalue weighted by Gasteiger charge is -2.60. The Balaban J connectivity index is 0.00000176. The van der Waals surface area contributed by atoms with Gasteiger partial charge in [-0.3, -0.25) is 4.99 Å². The first kappa shape index (κ1) is 18.0. The van der Waals surface area contributed by atoms with Gasteiger partial charge in [0.25, 0.3) is 0 Å². The van der Waals surface area contributed by atoms with Crippen LogP contribution in [0.4, 0.5) is 0 Å². The molecular formula is C16H26IN3OS. The van der Waals surface area contributed by atoms with Gasteiger partial charge < -0.3 is 15.4 Å². The summed E-state index contributed by atoms with van der Waals surface area (Å²) in [7, 11) is 1.84. The van der Waals surface area contributed by atoms with Crippen molar-refractivity contribution in [1.82, 2.24) is 10.6 Å². The van der Waals surface area contributed by atoms with Crippen molar-refractivity contribution < 1.29 is 4.74 Å². The molecule has 124 valence electrons. The molecule has 3 atom stereocenters. The zero-order valence-electron chi connectivity index (χ0n) is 13.5. The standard InChI is InChI=1S/C16H25N3OS.HI/c1-16(2)13(12-7-4-8-20-14(12)16)19-15(17-3)18-10-11-6-5-9-21-11;/h5-6,9,12-14H,4,7-8,10H2,1-3H3,(H2,17,18,19);1H. The molecule has 1 saturated carbocycles. The Morgan fingerprint density at radius 1 is 1.50 bits per heavy atom. The molecule has 0 aromatic carbocycles. The van der Waals surface area contributed by atoms with Crippen LogP contribution in [0.1, 0.15) is 31.6 Å². The van der Waals surface area contributed by atoms with E-state index in [-0.39, 0.29) is 29.4 Å². The number of aliphatic imine (C=N–C) groups is 1. The van der Waals surface area contributed by atoms with Gasteiger partial charge in [-0.15, -0.1) is 35.3 Å². The molecule has 1 aromatic heterocycles. The first-order valence-electron chi connectivity index (χ1n) is 7.74. The molecule has 22 heavy (non-hydrogen) atoms. The van der Waals surface area contributed by atoms with Gasteiger partial charge in [0.1, 0.15) is 0 Å². The average Bonchev–Trinajstić information content (AvgIpc) is 3.00. The summed E-state index contributed by atoms with van der Waals surface area (Å²) in [5, 5.41) is 9.13. The Morgan fingerprint density at radius 2 is 2.32 bits per heavy atom. The summed E-state index contributed by atoms with van der Waals surface area (Å²) >= 11 is 1.77. The van der Waals surface area contributed by atoms with Gasteiger partial charge in [-0.25, -0.2) is 0 Å². The van der Waals surface area contributed by atoms with Gasteiger partial charge in [-0.1, -0.05) is 19.9 Å². The van der Waals surface area contributed by atoms with Crippen molar-refractivity contribution in [3.05, 3.63) is 22.4 Å². The van der Waals surface area contributed by atoms with Crippen LogP contribution in [0.2, 0.25) is 0 Å². The van der Waals surface area contributed by atoms with Crippen molar-refractivity contribution in [2.45, 2.75) is 45.4 Å². The molecule has 3 rings (SSSR count). The normalized spacial score (nSPS) is 29.8. The number of thiophene rings is 1. The molecule has 2 fully saturated rings. The van der Waals surface area contributed by atoms with E-state index < -0.39 is 0 Å². The van der Waals surface area contributed by atoms with E-state index in [4.69, 9.17) is 4.74 Å². The first-order valence-corrected chi connectivity index (χ1v) is 8.62. The minimum Gasteiger partial charge on any atom is -0.377 e. The first-order chi connectivity index (χ1) is 10.1. The van der Waals surface area contributed by atoms with Crippen LogP contribution in [-0.2, 0) is 11.3 Å². The number of rotatable bonds is 3. The molecule has 0 amide bonds. The van der Waals surface area contributed by atoms with Crippen LogP contribution >= 0.6 is 35.3 Å². The summed E-state index contributed by atoms with van der Waals surface area (Å²) in [5.74, 6) is 1.51. The van der Waals surface area contributed by atoms with E-state index in [0.717, 1.165) is 19.1 Å². The Hall–Kier alpha value is -0.340. The molecule has 2 N–H and O–H groups in total. The monoisotopic (exact) mass is 435 g/mol. The third-order valence-corrected chi connectivity index (χ3v) is 5.73. The highest BCUT2D eigenvalue weighted by Gasteiger charge is 2.58. The molecule has 1 aliphatic heterocycles. The largest absolute Gasteiger partial charge is 0.377 e. The maximum Gasteiger partial charge on any atom is 0.191 e. The highest BCUT2D eigenvalue weighted by molar-refractivity contribution is 14.0. The molecule has 3 unspecified atom stereocenters. The van der Waals surface area contributed by atoms with Crippen molar-refractivity contribution in [2.24, 2.45) is 16.3 Å². The molecule has 2 aliphatic rings. The average molecular weight is 435 g/mol. The van der Waals surface area contributed by atoms with Crippen molar-refractivity contribution in [1.29, 1.82) is 0 Å². The molecular weight excluding hydrogens is 409 g/mol. The van der Waals surface area contributed by atoms with Gasteiger partial charge in [0.15, 0.2) is 5.96 Å². The van der Waals surface area contributed by atoms with Crippen molar-refractivity contribution in [3.63, 3.8) is 0 Å². The van der Waals surface area contributed by atoms with Gasteiger partial charge in [0, 0.05) is 35.9 Å². The minimum absolute atomic E-state index is 0. The molecule has 0 spiro atoms. The second-order valence-corrected chi connectivity index (χ2v) is 7.58. The molecule has 1 aliphatic carbocycles. The van der Waals surface area contributed by atoms with E-state index in [0.29, 0.717) is 18.1 Å². The molecule has 0 radical (unpaired) electrons. The molecule has 1 saturated heterocycles. The van der Waals surface area contributed by atoms with E-state index in [1.54, 1.807) is 11.3 Å².